The smallest absolute Gasteiger partial charge is 0.255 e. The van der Waals surface area contributed by atoms with E-state index in [1.165, 1.54) is 24.6 Å². The molecule has 1 aromatic carbocycles. The summed E-state index contributed by atoms with van der Waals surface area (Å²) in [6, 6.07) is 4.28. The summed E-state index contributed by atoms with van der Waals surface area (Å²) in [5.41, 5.74) is -0.959. The summed E-state index contributed by atoms with van der Waals surface area (Å²) in [5.74, 6) is -0.977. The van der Waals surface area contributed by atoms with E-state index in [9.17, 15) is 9.18 Å². The average Bonchev–Trinajstić information content (AvgIpc) is 3.06. The summed E-state index contributed by atoms with van der Waals surface area (Å²) >= 11 is 5.72. The van der Waals surface area contributed by atoms with Gasteiger partial charge in [0, 0.05) is 26.1 Å². The molecule has 1 aliphatic heterocycles. The van der Waals surface area contributed by atoms with E-state index >= 15 is 0 Å². The van der Waals surface area contributed by atoms with Gasteiger partial charge in [0.2, 0.25) is 6.39 Å². The molecular formula is C14H13ClFN3O3. The maximum absolute atomic E-state index is 14.0. The van der Waals surface area contributed by atoms with Gasteiger partial charge in [-0.2, -0.15) is 4.98 Å². The van der Waals surface area contributed by atoms with Crippen molar-refractivity contribution in [3.63, 3.8) is 0 Å². The molecule has 0 atom stereocenters. The molecule has 0 unspecified atom stereocenters. The molecule has 2 heterocycles. The van der Waals surface area contributed by atoms with Gasteiger partial charge in [0.05, 0.1) is 10.6 Å². The fraction of sp³-hybridized carbons (Fsp3) is 0.357. The number of aromatic nitrogens is 2. The van der Waals surface area contributed by atoms with Crippen LogP contribution < -0.4 is 5.32 Å². The van der Waals surface area contributed by atoms with Crippen LogP contribution in [0, 0.1) is 5.82 Å². The molecule has 1 saturated heterocycles. The number of hydrogen-bond donors (Lipinski definition) is 1. The number of benzene rings is 1. The molecule has 2 aromatic rings. The summed E-state index contributed by atoms with van der Waals surface area (Å²) in [4.78, 5) is 16.5. The van der Waals surface area contributed by atoms with Crippen molar-refractivity contribution in [3.05, 3.63) is 46.8 Å². The zero-order chi connectivity index (χ0) is 15.6. The third-order valence-corrected chi connectivity index (χ3v) is 3.98. The minimum atomic E-state index is -0.836. The summed E-state index contributed by atoms with van der Waals surface area (Å²) in [6.45, 7) is 0.875. The third-order valence-electron chi connectivity index (χ3n) is 3.68. The number of halogens is 2. The van der Waals surface area contributed by atoms with Gasteiger partial charge < -0.3 is 14.6 Å². The molecule has 1 N–H and O–H groups in total. The zero-order valence-corrected chi connectivity index (χ0v) is 12.3. The number of nitrogens with one attached hydrogen (secondary N) is 1. The highest BCUT2D eigenvalue weighted by Gasteiger charge is 2.40. The fourth-order valence-electron chi connectivity index (χ4n) is 2.47. The Morgan fingerprint density at radius 1 is 1.36 bits per heavy atom. The van der Waals surface area contributed by atoms with E-state index in [4.69, 9.17) is 20.9 Å². The first kappa shape index (κ1) is 14.9. The fourth-order valence-corrected chi connectivity index (χ4v) is 2.64. The minimum absolute atomic E-state index is 0.103. The molecule has 0 bridgehead atoms. The summed E-state index contributed by atoms with van der Waals surface area (Å²) in [6.07, 6.45) is 2.14. The quantitative estimate of drug-likeness (QED) is 0.937. The predicted molar refractivity (Wildman–Crippen MR) is 74.9 cm³/mol. The van der Waals surface area contributed by atoms with Crippen LogP contribution >= 0.6 is 11.6 Å². The lowest BCUT2D eigenvalue weighted by Crippen LogP contribution is -2.50. The Hall–Kier alpha value is -1.99. The van der Waals surface area contributed by atoms with Gasteiger partial charge in [-0.25, -0.2) is 4.39 Å². The van der Waals surface area contributed by atoms with Crippen molar-refractivity contribution in [1.29, 1.82) is 0 Å². The van der Waals surface area contributed by atoms with Crippen LogP contribution in [0.15, 0.2) is 29.1 Å². The van der Waals surface area contributed by atoms with Crippen molar-refractivity contribution in [2.45, 2.75) is 18.4 Å². The van der Waals surface area contributed by atoms with E-state index in [0.717, 1.165) is 0 Å². The largest absolute Gasteiger partial charge is 0.381 e. The number of amides is 1. The summed E-state index contributed by atoms with van der Waals surface area (Å²) in [7, 11) is 0. The lowest BCUT2D eigenvalue weighted by atomic mass is 9.88. The van der Waals surface area contributed by atoms with Gasteiger partial charge >= 0.3 is 0 Å². The Morgan fingerprint density at radius 3 is 2.82 bits per heavy atom. The van der Waals surface area contributed by atoms with Crippen molar-refractivity contribution in [1.82, 2.24) is 15.5 Å². The van der Waals surface area contributed by atoms with Crippen molar-refractivity contribution in [2.75, 3.05) is 13.2 Å². The average molecular weight is 326 g/mol. The Bertz CT molecular complexity index is 672. The molecule has 6 nitrogen and oxygen atoms in total. The van der Waals surface area contributed by atoms with E-state index in [-0.39, 0.29) is 10.6 Å². The second-order valence-electron chi connectivity index (χ2n) is 5.00. The third kappa shape index (κ3) is 2.69. The highest BCUT2D eigenvalue weighted by atomic mass is 35.5. The normalized spacial score (nSPS) is 17.2. The SMILES string of the molecule is O=C(NC1(c2ncon2)CCOCC1)c1cccc(Cl)c1F. The standard InChI is InChI=1S/C14H13ClFN3O3/c15-10-3-1-2-9(11(10)16)12(20)18-14(4-6-21-7-5-14)13-17-8-22-19-13/h1-3,8H,4-7H2,(H,18,20). The molecule has 1 amide bonds. The van der Waals surface area contributed by atoms with Crippen molar-refractivity contribution >= 4 is 17.5 Å². The predicted octanol–water partition coefficient (Wildman–Crippen LogP) is 2.30. The zero-order valence-electron chi connectivity index (χ0n) is 11.5. The van der Waals surface area contributed by atoms with Crippen molar-refractivity contribution in [2.24, 2.45) is 0 Å². The van der Waals surface area contributed by atoms with E-state index in [2.05, 4.69) is 15.5 Å². The summed E-state index contributed by atoms with van der Waals surface area (Å²) < 4.78 is 24.1. The van der Waals surface area contributed by atoms with Gasteiger partial charge in [0.25, 0.3) is 5.91 Å². The highest BCUT2D eigenvalue weighted by Crippen LogP contribution is 2.30. The molecule has 22 heavy (non-hydrogen) atoms. The maximum Gasteiger partial charge on any atom is 0.255 e. The van der Waals surface area contributed by atoms with Gasteiger partial charge in [-0.1, -0.05) is 22.8 Å². The second kappa shape index (κ2) is 6.02. The number of carbonyl (C=O) groups excluding carboxylic acids is 1. The first-order chi connectivity index (χ1) is 10.6. The van der Waals surface area contributed by atoms with E-state index < -0.39 is 17.3 Å². The van der Waals surface area contributed by atoms with Crippen molar-refractivity contribution in [3.8, 4) is 0 Å². The molecule has 116 valence electrons. The minimum Gasteiger partial charge on any atom is -0.381 e. The maximum atomic E-state index is 14.0. The summed E-state index contributed by atoms with van der Waals surface area (Å²) in [5, 5.41) is 6.54. The molecule has 0 radical (unpaired) electrons. The second-order valence-corrected chi connectivity index (χ2v) is 5.41. The van der Waals surface area contributed by atoms with Crippen LogP contribution in [0.1, 0.15) is 29.0 Å². The topological polar surface area (TPSA) is 77.3 Å². The molecule has 3 rings (SSSR count). The number of nitrogens with zero attached hydrogens (tertiary/aromatic N) is 2. The number of rotatable bonds is 3. The Morgan fingerprint density at radius 2 is 2.14 bits per heavy atom. The Labute approximate surface area is 130 Å². The van der Waals surface area contributed by atoms with Crippen LogP contribution in [0.3, 0.4) is 0 Å². The van der Waals surface area contributed by atoms with Crippen molar-refractivity contribution < 1.29 is 18.4 Å². The van der Waals surface area contributed by atoms with Crippen LogP contribution in [0.25, 0.3) is 0 Å². The molecule has 1 aliphatic rings. The monoisotopic (exact) mass is 325 g/mol. The molecule has 1 fully saturated rings. The first-order valence-electron chi connectivity index (χ1n) is 6.73. The number of hydrogen-bond acceptors (Lipinski definition) is 5. The van der Waals surface area contributed by atoms with E-state index in [1.807, 2.05) is 0 Å². The van der Waals surface area contributed by atoms with Gasteiger partial charge in [0.1, 0.15) is 5.54 Å². The van der Waals surface area contributed by atoms with Gasteiger partial charge in [-0.15, -0.1) is 0 Å². The van der Waals surface area contributed by atoms with Crippen LogP contribution in [-0.4, -0.2) is 29.3 Å². The lowest BCUT2D eigenvalue weighted by molar-refractivity contribution is 0.0305. The number of carbonyl (C=O) groups is 1. The van der Waals surface area contributed by atoms with E-state index in [1.54, 1.807) is 0 Å². The van der Waals surface area contributed by atoms with Gasteiger partial charge in [-0.3, -0.25) is 4.79 Å². The molecular weight excluding hydrogens is 313 g/mol. The molecule has 0 aliphatic carbocycles. The van der Waals surface area contributed by atoms with Crippen LogP contribution in [0.5, 0.6) is 0 Å². The Kier molecular flexibility index (Phi) is 4.08. The van der Waals surface area contributed by atoms with Crippen LogP contribution in [0.4, 0.5) is 4.39 Å². The Balaban J connectivity index is 1.91. The molecule has 0 saturated carbocycles. The van der Waals surface area contributed by atoms with Crippen LogP contribution in [0.2, 0.25) is 5.02 Å². The number of ether oxygens (including phenoxy) is 1. The molecule has 0 spiro atoms. The lowest BCUT2D eigenvalue weighted by Gasteiger charge is -2.35. The molecule has 8 heteroatoms. The first-order valence-corrected chi connectivity index (χ1v) is 7.11. The van der Waals surface area contributed by atoms with E-state index in [0.29, 0.717) is 31.9 Å². The van der Waals surface area contributed by atoms with Crippen LogP contribution in [-0.2, 0) is 10.3 Å². The highest BCUT2D eigenvalue weighted by molar-refractivity contribution is 6.31. The van der Waals surface area contributed by atoms with Gasteiger partial charge in [-0.05, 0) is 12.1 Å². The molecule has 1 aromatic heterocycles. The van der Waals surface area contributed by atoms with Gasteiger partial charge in [0.15, 0.2) is 11.6 Å².